The number of nitrogens with zero attached hydrogens (tertiary/aromatic N) is 2. The molecular weight excluding hydrogens is 251 g/mol. The van der Waals surface area contributed by atoms with Crippen molar-refractivity contribution in [3.8, 4) is 0 Å². The van der Waals surface area contributed by atoms with Crippen LogP contribution in [0.5, 0.6) is 0 Å². The summed E-state index contributed by atoms with van der Waals surface area (Å²) < 4.78 is 13.0. The summed E-state index contributed by atoms with van der Waals surface area (Å²) in [5.74, 6) is -0.141. The summed E-state index contributed by atoms with van der Waals surface area (Å²) in [4.78, 5) is 5.30. The lowest BCUT2D eigenvalue weighted by Gasteiger charge is -2.48. The van der Waals surface area contributed by atoms with Gasteiger partial charge < -0.3 is 0 Å². The first-order valence-corrected chi connectivity index (χ1v) is 7.99. The fourth-order valence-electron chi connectivity index (χ4n) is 3.72. The Balaban J connectivity index is 1.68. The molecule has 2 aliphatic rings. The zero-order valence-electron chi connectivity index (χ0n) is 12.4. The Hall–Kier alpha value is -0.930. The Morgan fingerprint density at radius 3 is 2.70 bits per heavy atom. The predicted octanol–water partition coefficient (Wildman–Crippen LogP) is 3.27. The molecule has 2 heterocycles. The number of piperidine rings is 1. The van der Waals surface area contributed by atoms with Crippen molar-refractivity contribution in [3.63, 3.8) is 0 Å². The van der Waals surface area contributed by atoms with Crippen molar-refractivity contribution in [3.05, 3.63) is 35.6 Å². The van der Waals surface area contributed by atoms with Gasteiger partial charge in [-0.1, -0.05) is 25.5 Å². The van der Waals surface area contributed by atoms with E-state index in [2.05, 4.69) is 16.7 Å². The van der Waals surface area contributed by atoms with Crippen LogP contribution in [0.2, 0.25) is 0 Å². The van der Waals surface area contributed by atoms with E-state index in [-0.39, 0.29) is 5.82 Å². The van der Waals surface area contributed by atoms with Gasteiger partial charge >= 0.3 is 0 Å². The van der Waals surface area contributed by atoms with E-state index >= 15 is 0 Å². The molecule has 110 valence electrons. The highest BCUT2D eigenvalue weighted by Crippen LogP contribution is 2.26. The van der Waals surface area contributed by atoms with Gasteiger partial charge in [0.05, 0.1) is 0 Å². The molecule has 0 spiro atoms. The fourth-order valence-corrected chi connectivity index (χ4v) is 3.72. The third kappa shape index (κ3) is 3.04. The van der Waals surface area contributed by atoms with E-state index in [9.17, 15) is 4.39 Å². The number of piperazine rings is 1. The molecule has 2 unspecified atom stereocenters. The van der Waals surface area contributed by atoms with Gasteiger partial charge in [0.25, 0.3) is 0 Å². The number of fused-ring (bicyclic) bond motifs is 1. The van der Waals surface area contributed by atoms with Gasteiger partial charge in [0.2, 0.25) is 0 Å². The molecule has 3 heteroatoms. The van der Waals surface area contributed by atoms with Crippen LogP contribution in [-0.2, 0) is 6.54 Å². The lowest BCUT2D eigenvalue weighted by molar-refractivity contribution is 0.00326. The molecule has 2 saturated heterocycles. The standard InChI is InChI=1S/C17H25FN2/c1-2-16-12-19-10-4-3-5-17(19)13-20(16)11-14-6-8-15(18)9-7-14/h6-9,16-17H,2-5,10-13H2,1H3. The van der Waals surface area contributed by atoms with E-state index in [0.29, 0.717) is 6.04 Å². The maximum Gasteiger partial charge on any atom is 0.123 e. The molecule has 0 radical (unpaired) electrons. The Kier molecular flexibility index (Phi) is 4.37. The van der Waals surface area contributed by atoms with Gasteiger partial charge in [0.1, 0.15) is 5.82 Å². The van der Waals surface area contributed by atoms with Crippen molar-refractivity contribution in [2.45, 2.75) is 51.2 Å². The van der Waals surface area contributed by atoms with Crippen LogP contribution in [0.15, 0.2) is 24.3 Å². The molecule has 0 saturated carbocycles. The second-order valence-electron chi connectivity index (χ2n) is 6.26. The number of rotatable bonds is 3. The maximum absolute atomic E-state index is 13.0. The van der Waals surface area contributed by atoms with E-state index in [4.69, 9.17) is 0 Å². The molecule has 0 aromatic heterocycles. The van der Waals surface area contributed by atoms with E-state index < -0.39 is 0 Å². The van der Waals surface area contributed by atoms with Gasteiger partial charge in [-0.25, -0.2) is 4.39 Å². The first-order valence-electron chi connectivity index (χ1n) is 7.99. The molecule has 2 aliphatic heterocycles. The molecule has 1 aromatic rings. The van der Waals surface area contributed by atoms with Crippen molar-refractivity contribution in [2.75, 3.05) is 19.6 Å². The second-order valence-corrected chi connectivity index (χ2v) is 6.26. The summed E-state index contributed by atoms with van der Waals surface area (Å²) in [6, 6.07) is 8.40. The summed E-state index contributed by atoms with van der Waals surface area (Å²) in [5, 5.41) is 0. The zero-order chi connectivity index (χ0) is 13.9. The summed E-state index contributed by atoms with van der Waals surface area (Å²) in [7, 11) is 0. The lowest BCUT2D eigenvalue weighted by atomic mass is 9.95. The Morgan fingerprint density at radius 2 is 1.95 bits per heavy atom. The van der Waals surface area contributed by atoms with Crippen molar-refractivity contribution in [1.82, 2.24) is 9.80 Å². The zero-order valence-corrected chi connectivity index (χ0v) is 12.4. The van der Waals surface area contributed by atoms with Crippen LogP contribution >= 0.6 is 0 Å². The van der Waals surface area contributed by atoms with Crippen LogP contribution < -0.4 is 0 Å². The van der Waals surface area contributed by atoms with E-state index in [1.807, 2.05) is 12.1 Å². The third-order valence-electron chi connectivity index (χ3n) is 4.93. The number of benzene rings is 1. The van der Waals surface area contributed by atoms with Crippen LogP contribution in [0, 0.1) is 5.82 Å². The summed E-state index contributed by atoms with van der Waals surface area (Å²) in [6.07, 6.45) is 5.29. The molecule has 20 heavy (non-hydrogen) atoms. The van der Waals surface area contributed by atoms with Crippen molar-refractivity contribution in [2.24, 2.45) is 0 Å². The van der Waals surface area contributed by atoms with Crippen molar-refractivity contribution < 1.29 is 4.39 Å². The second kappa shape index (κ2) is 6.23. The van der Waals surface area contributed by atoms with Crippen LogP contribution in [0.3, 0.4) is 0 Å². The smallest absolute Gasteiger partial charge is 0.123 e. The highest BCUT2D eigenvalue weighted by atomic mass is 19.1. The molecule has 2 atom stereocenters. The molecule has 1 aromatic carbocycles. The molecule has 2 fully saturated rings. The van der Waals surface area contributed by atoms with E-state index in [1.54, 1.807) is 12.1 Å². The van der Waals surface area contributed by atoms with Crippen LogP contribution in [0.1, 0.15) is 38.2 Å². The molecule has 3 rings (SSSR count). The van der Waals surface area contributed by atoms with E-state index in [0.717, 1.165) is 12.6 Å². The molecule has 0 amide bonds. The minimum absolute atomic E-state index is 0.141. The third-order valence-corrected chi connectivity index (χ3v) is 4.93. The highest BCUT2D eigenvalue weighted by molar-refractivity contribution is 5.16. The number of hydrogen-bond donors (Lipinski definition) is 0. The Bertz CT molecular complexity index is 431. The van der Waals surface area contributed by atoms with Gasteiger partial charge in [-0.05, 0) is 43.5 Å². The van der Waals surface area contributed by atoms with Crippen molar-refractivity contribution >= 4 is 0 Å². The first kappa shape index (κ1) is 14.0. The summed E-state index contributed by atoms with van der Waals surface area (Å²) in [5.41, 5.74) is 1.23. The topological polar surface area (TPSA) is 6.48 Å². The predicted molar refractivity (Wildman–Crippen MR) is 80.1 cm³/mol. The SMILES string of the molecule is CCC1CN2CCCCC2CN1Cc1ccc(F)cc1. The molecule has 2 nitrogen and oxygen atoms in total. The van der Waals surface area contributed by atoms with Crippen molar-refractivity contribution in [1.29, 1.82) is 0 Å². The molecule has 0 N–H and O–H groups in total. The summed E-state index contributed by atoms with van der Waals surface area (Å²) >= 11 is 0. The van der Waals surface area contributed by atoms with Crippen LogP contribution in [0.25, 0.3) is 0 Å². The van der Waals surface area contributed by atoms with Crippen LogP contribution in [0.4, 0.5) is 4.39 Å². The Labute approximate surface area is 121 Å². The first-order chi connectivity index (χ1) is 9.76. The fraction of sp³-hybridized carbons (Fsp3) is 0.647. The van der Waals surface area contributed by atoms with Gasteiger partial charge in [-0.2, -0.15) is 0 Å². The maximum atomic E-state index is 13.0. The molecule has 0 aliphatic carbocycles. The normalized spacial score (nSPS) is 28.3. The molecular formula is C17H25FN2. The minimum Gasteiger partial charge on any atom is -0.298 e. The van der Waals surface area contributed by atoms with Gasteiger partial charge in [-0.15, -0.1) is 0 Å². The number of hydrogen-bond acceptors (Lipinski definition) is 2. The van der Waals surface area contributed by atoms with Gasteiger partial charge in [0, 0.05) is 31.7 Å². The highest BCUT2D eigenvalue weighted by Gasteiger charge is 2.33. The minimum atomic E-state index is -0.141. The average Bonchev–Trinajstić information content (AvgIpc) is 2.49. The van der Waals surface area contributed by atoms with Gasteiger partial charge in [-0.3, -0.25) is 9.80 Å². The largest absolute Gasteiger partial charge is 0.298 e. The molecule has 0 bridgehead atoms. The van der Waals surface area contributed by atoms with E-state index in [1.165, 1.54) is 50.9 Å². The van der Waals surface area contributed by atoms with Gasteiger partial charge in [0.15, 0.2) is 0 Å². The monoisotopic (exact) mass is 276 g/mol. The average molecular weight is 276 g/mol. The number of halogens is 1. The summed E-state index contributed by atoms with van der Waals surface area (Å²) in [6.45, 7) is 6.92. The Morgan fingerprint density at radius 1 is 1.15 bits per heavy atom. The lowest BCUT2D eigenvalue weighted by Crippen LogP contribution is -2.58. The quantitative estimate of drug-likeness (QED) is 0.836. The van der Waals surface area contributed by atoms with Crippen LogP contribution in [-0.4, -0.2) is 41.5 Å².